The fourth-order valence-electron chi connectivity index (χ4n) is 1.45. The van der Waals surface area contributed by atoms with Gasteiger partial charge in [0.2, 0.25) is 0 Å². The highest BCUT2D eigenvalue weighted by Crippen LogP contribution is 2.39. The van der Waals surface area contributed by atoms with Crippen LogP contribution in [0.1, 0.15) is 24.4 Å². The van der Waals surface area contributed by atoms with E-state index in [0.29, 0.717) is 11.5 Å². The SMILES string of the molecule is N[C@@H](c1ccc(F)c(F)c1)C1CC1. The minimum atomic E-state index is -0.813. The molecule has 0 bridgehead atoms. The highest BCUT2D eigenvalue weighted by atomic mass is 19.2. The standard InChI is InChI=1S/C10H11F2N/c11-8-4-3-7(5-9(8)12)10(13)6-1-2-6/h3-6,10H,1-2,13H2/t10-/m1/s1. The molecule has 13 heavy (non-hydrogen) atoms. The van der Waals surface area contributed by atoms with Gasteiger partial charge < -0.3 is 5.73 Å². The molecule has 0 saturated heterocycles. The second kappa shape index (κ2) is 3.07. The maximum Gasteiger partial charge on any atom is 0.159 e. The average molecular weight is 183 g/mol. The summed E-state index contributed by atoms with van der Waals surface area (Å²) in [7, 11) is 0. The second-order valence-electron chi connectivity index (χ2n) is 3.54. The number of rotatable bonds is 2. The third-order valence-corrected chi connectivity index (χ3v) is 2.46. The zero-order chi connectivity index (χ0) is 9.42. The van der Waals surface area contributed by atoms with Crippen molar-refractivity contribution in [3.8, 4) is 0 Å². The van der Waals surface area contributed by atoms with E-state index in [1.165, 1.54) is 6.07 Å². The Hall–Kier alpha value is -0.960. The van der Waals surface area contributed by atoms with Crippen molar-refractivity contribution >= 4 is 0 Å². The first-order chi connectivity index (χ1) is 6.18. The van der Waals surface area contributed by atoms with Crippen LogP contribution in [0.4, 0.5) is 8.78 Å². The minimum absolute atomic E-state index is 0.130. The van der Waals surface area contributed by atoms with E-state index in [1.807, 2.05) is 0 Å². The molecular weight excluding hydrogens is 172 g/mol. The normalized spacial score (nSPS) is 18.7. The fraction of sp³-hybridized carbons (Fsp3) is 0.400. The molecule has 0 radical (unpaired) electrons. The lowest BCUT2D eigenvalue weighted by Gasteiger charge is -2.10. The Balaban J connectivity index is 2.24. The smallest absolute Gasteiger partial charge is 0.159 e. The minimum Gasteiger partial charge on any atom is -0.324 e. The third kappa shape index (κ3) is 1.70. The van der Waals surface area contributed by atoms with E-state index >= 15 is 0 Å². The van der Waals surface area contributed by atoms with Crippen molar-refractivity contribution in [1.82, 2.24) is 0 Å². The van der Waals surface area contributed by atoms with Crippen LogP contribution in [-0.2, 0) is 0 Å². The molecule has 3 heteroatoms. The fourth-order valence-corrected chi connectivity index (χ4v) is 1.45. The maximum absolute atomic E-state index is 12.8. The molecule has 1 aliphatic carbocycles. The van der Waals surface area contributed by atoms with Gasteiger partial charge in [-0.15, -0.1) is 0 Å². The van der Waals surface area contributed by atoms with Gasteiger partial charge in [0.25, 0.3) is 0 Å². The van der Waals surface area contributed by atoms with Crippen molar-refractivity contribution in [3.63, 3.8) is 0 Å². The number of hydrogen-bond donors (Lipinski definition) is 1. The Bertz CT molecular complexity index is 321. The Morgan fingerprint density at radius 1 is 1.23 bits per heavy atom. The first-order valence-electron chi connectivity index (χ1n) is 4.39. The molecule has 1 aliphatic rings. The molecule has 70 valence electrons. The highest BCUT2D eigenvalue weighted by molar-refractivity contribution is 5.22. The van der Waals surface area contributed by atoms with Crippen molar-refractivity contribution in [2.75, 3.05) is 0 Å². The Labute approximate surface area is 75.6 Å². The van der Waals surface area contributed by atoms with Crippen molar-refractivity contribution in [2.24, 2.45) is 11.7 Å². The van der Waals surface area contributed by atoms with Crippen LogP contribution in [0.2, 0.25) is 0 Å². The maximum atomic E-state index is 12.8. The van der Waals surface area contributed by atoms with E-state index in [0.717, 1.165) is 18.9 Å². The van der Waals surface area contributed by atoms with Gasteiger partial charge in [0.05, 0.1) is 0 Å². The summed E-state index contributed by atoms with van der Waals surface area (Å²) in [6, 6.07) is 3.75. The molecule has 0 amide bonds. The predicted octanol–water partition coefficient (Wildman–Crippen LogP) is 2.37. The summed E-state index contributed by atoms with van der Waals surface area (Å²) in [6.07, 6.45) is 2.19. The summed E-state index contributed by atoms with van der Waals surface area (Å²) >= 11 is 0. The van der Waals surface area contributed by atoms with Gasteiger partial charge in [0, 0.05) is 6.04 Å². The summed E-state index contributed by atoms with van der Waals surface area (Å²) < 4.78 is 25.4. The molecule has 1 saturated carbocycles. The summed E-state index contributed by atoms with van der Waals surface area (Å²) in [5.41, 5.74) is 6.53. The molecule has 0 unspecified atom stereocenters. The van der Waals surface area contributed by atoms with Gasteiger partial charge in [0.1, 0.15) is 0 Å². The summed E-state index contributed by atoms with van der Waals surface area (Å²) in [4.78, 5) is 0. The summed E-state index contributed by atoms with van der Waals surface area (Å²) in [5.74, 6) is -1.16. The molecule has 0 heterocycles. The van der Waals surface area contributed by atoms with Crippen LogP contribution >= 0.6 is 0 Å². The summed E-state index contributed by atoms with van der Waals surface area (Å²) in [6.45, 7) is 0. The highest BCUT2D eigenvalue weighted by Gasteiger charge is 2.29. The van der Waals surface area contributed by atoms with Crippen LogP contribution in [0.15, 0.2) is 18.2 Å². The van der Waals surface area contributed by atoms with Gasteiger partial charge in [-0.05, 0) is 36.5 Å². The lowest BCUT2D eigenvalue weighted by molar-refractivity contribution is 0.503. The Morgan fingerprint density at radius 3 is 2.46 bits per heavy atom. The van der Waals surface area contributed by atoms with Crippen molar-refractivity contribution in [1.29, 1.82) is 0 Å². The van der Waals surface area contributed by atoms with Crippen LogP contribution in [0.25, 0.3) is 0 Å². The zero-order valence-corrected chi connectivity index (χ0v) is 7.13. The van der Waals surface area contributed by atoms with Crippen LogP contribution in [-0.4, -0.2) is 0 Å². The monoisotopic (exact) mass is 183 g/mol. The first-order valence-corrected chi connectivity index (χ1v) is 4.39. The largest absolute Gasteiger partial charge is 0.324 e. The lowest BCUT2D eigenvalue weighted by Crippen LogP contribution is -2.12. The number of nitrogens with two attached hydrogens (primary N) is 1. The van der Waals surface area contributed by atoms with Crippen LogP contribution < -0.4 is 5.73 Å². The average Bonchev–Trinajstić information content (AvgIpc) is 2.91. The first kappa shape index (κ1) is 8.63. The predicted molar refractivity (Wildman–Crippen MR) is 46.0 cm³/mol. The van der Waals surface area contributed by atoms with Gasteiger partial charge in [-0.1, -0.05) is 6.07 Å². The lowest BCUT2D eigenvalue weighted by atomic mass is 10.0. The Morgan fingerprint density at radius 2 is 1.92 bits per heavy atom. The van der Waals surface area contributed by atoms with E-state index in [9.17, 15) is 8.78 Å². The molecular formula is C10H11F2N. The quantitative estimate of drug-likeness (QED) is 0.748. The third-order valence-electron chi connectivity index (χ3n) is 2.46. The molecule has 2 N–H and O–H groups in total. The van der Waals surface area contributed by atoms with E-state index in [2.05, 4.69) is 0 Å². The Kier molecular flexibility index (Phi) is 2.04. The van der Waals surface area contributed by atoms with Crippen LogP contribution in [0.5, 0.6) is 0 Å². The second-order valence-corrected chi connectivity index (χ2v) is 3.54. The molecule has 1 aromatic carbocycles. The molecule has 1 fully saturated rings. The van der Waals surface area contributed by atoms with Crippen molar-refractivity contribution in [3.05, 3.63) is 35.4 Å². The number of hydrogen-bond acceptors (Lipinski definition) is 1. The van der Waals surface area contributed by atoms with E-state index in [-0.39, 0.29) is 6.04 Å². The topological polar surface area (TPSA) is 26.0 Å². The molecule has 0 spiro atoms. The van der Waals surface area contributed by atoms with E-state index < -0.39 is 11.6 Å². The van der Waals surface area contributed by atoms with Gasteiger partial charge in [-0.25, -0.2) is 8.78 Å². The summed E-state index contributed by atoms with van der Waals surface area (Å²) in [5, 5.41) is 0. The van der Waals surface area contributed by atoms with Crippen LogP contribution in [0.3, 0.4) is 0 Å². The van der Waals surface area contributed by atoms with Gasteiger partial charge >= 0.3 is 0 Å². The molecule has 1 aromatic rings. The zero-order valence-electron chi connectivity index (χ0n) is 7.13. The van der Waals surface area contributed by atoms with Gasteiger partial charge in [0.15, 0.2) is 11.6 Å². The van der Waals surface area contributed by atoms with Gasteiger partial charge in [-0.2, -0.15) is 0 Å². The van der Waals surface area contributed by atoms with E-state index in [4.69, 9.17) is 5.73 Å². The molecule has 2 rings (SSSR count). The van der Waals surface area contributed by atoms with E-state index in [1.54, 1.807) is 6.07 Å². The van der Waals surface area contributed by atoms with Crippen LogP contribution in [0, 0.1) is 17.6 Å². The van der Waals surface area contributed by atoms with Gasteiger partial charge in [-0.3, -0.25) is 0 Å². The molecule has 1 atom stereocenters. The molecule has 0 aliphatic heterocycles. The van der Waals surface area contributed by atoms with Crippen molar-refractivity contribution < 1.29 is 8.78 Å². The molecule has 1 nitrogen and oxygen atoms in total. The number of benzene rings is 1. The number of halogens is 2. The molecule has 0 aromatic heterocycles. The van der Waals surface area contributed by atoms with Crippen molar-refractivity contribution in [2.45, 2.75) is 18.9 Å².